The molecule has 5 heteroatoms. The largest absolute Gasteiger partial charge is 0.490 e. The molecular weight excluding hydrogens is 297 g/mol. The van der Waals surface area contributed by atoms with Gasteiger partial charge in [0.1, 0.15) is 5.75 Å². The Morgan fingerprint density at radius 1 is 1.22 bits per heavy atom. The first-order chi connectivity index (χ1) is 11.2. The van der Waals surface area contributed by atoms with Gasteiger partial charge >= 0.3 is 0 Å². The second-order valence-electron chi connectivity index (χ2n) is 5.34. The smallest absolute Gasteiger partial charge is 0.261 e. The van der Waals surface area contributed by atoms with Gasteiger partial charge in [-0.2, -0.15) is 0 Å². The third kappa shape index (κ3) is 3.80. The van der Waals surface area contributed by atoms with E-state index in [2.05, 4.69) is 5.32 Å². The number of halogens is 1. The molecule has 0 bridgehead atoms. The Morgan fingerprint density at radius 3 is 2.83 bits per heavy atom. The number of benzene rings is 2. The summed E-state index contributed by atoms with van der Waals surface area (Å²) in [6.07, 6.45) is 0.716. The van der Waals surface area contributed by atoms with Crippen LogP contribution in [0, 0.1) is 5.82 Å². The molecule has 1 heterocycles. The zero-order valence-electron chi connectivity index (χ0n) is 12.6. The molecule has 0 spiro atoms. The Balaban J connectivity index is 1.37. The lowest BCUT2D eigenvalue weighted by Crippen LogP contribution is -2.38. The molecule has 0 saturated carbocycles. The van der Waals surface area contributed by atoms with Crippen molar-refractivity contribution in [2.45, 2.75) is 18.9 Å². The Morgan fingerprint density at radius 2 is 2.00 bits per heavy atom. The molecule has 23 heavy (non-hydrogen) atoms. The van der Waals surface area contributed by atoms with Crippen LogP contribution in [-0.2, 0) is 11.2 Å². The molecule has 1 atom stereocenters. The molecule has 1 unspecified atom stereocenters. The van der Waals surface area contributed by atoms with Crippen molar-refractivity contribution < 1.29 is 18.7 Å². The molecule has 3 rings (SSSR count). The van der Waals surface area contributed by atoms with Crippen LogP contribution in [0.1, 0.15) is 12.0 Å². The molecule has 0 fully saturated rings. The molecule has 1 N–H and O–H groups in total. The van der Waals surface area contributed by atoms with E-state index < -0.39 is 6.10 Å². The number of nitrogens with one attached hydrogen (secondary N) is 1. The van der Waals surface area contributed by atoms with E-state index in [0.717, 1.165) is 11.3 Å². The molecular formula is C18H18FNO3. The van der Waals surface area contributed by atoms with E-state index >= 15 is 0 Å². The lowest BCUT2D eigenvalue weighted by Gasteiger charge is -2.12. The van der Waals surface area contributed by atoms with Crippen molar-refractivity contribution in [2.24, 2.45) is 0 Å². The van der Waals surface area contributed by atoms with E-state index in [1.165, 1.54) is 6.07 Å². The van der Waals surface area contributed by atoms with Crippen LogP contribution in [-0.4, -0.2) is 25.2 Å². The maximum absolute atomic E-state index is 13.4. The molecule has 0 aromatic heterocycles. The summed E-state index contributed by atoms with van der Waals surface area (Å²) in [5, 5.41) is 2.82. The van der Waals surface area contributed by atoms with Gasteiger partial charge in [0, 0.05) is 13.0 Å². The normalized spacial score (nSPS) is 15.6. The SMILES string of the molecule is O=C(NCCCOc1ccccc1F)C1Cc2ccccc2O1. The maximum atomic E-state index is 13.4. The number of hydrogen-bond donors (Lipinski definition) is 1. The highest BCUT2D eigenvalue weighted by Gasteiger charge is 2.28. The van der Waals surface area contributed by atoms with Gasteiger partial charge in [0.05, 0.1) is 6.61 Å². The number of rotatable bonds is 6. The van der Waals surface area contributed by atoms with Crippen molar-refractivity contribution in [1.29, 1.82) is 0 Å². The molecule has 2 aromatic carbocycles. The van der Waals surface area contributed by atoms with Gasteiger partial charge in [0.15, 0.2) is 17.7 Å². The lowest BCUT2D eigenvalue weighted by molar-refractivity contribution is -0.127. The molecule has 1 aliphatic heterocycles. The molecule has 2 aromatic rings. The summed E-state index contributed by atoms with van der Waals surface area (Å²) in [4.78, 5) is 12.1. The van der Waals surface area contributed by atoms with Gasteiger partial charge < -0.3 is 14.8 Å². The van der Waals surface area contributed by atoms with Gasteiger partial charge in [-0.05, 0) is 30.2 Å². The van der Waals surface area contributed by atoms with Crippen LogP contribution < -0.4 is 14.8 Å². The highest BCUT2D eigenvalue weighted by Crippen LogP contribution is 2.28. The fraction of sp³-hybridized carbons (Fsp3) is 0.278. The van der Waals surface area contributed by atoms with Crippen LogP contribution in [0.2, 0.25) is 0 Å². The minimum Gasteiger partial charge on any atom is -0.490 e. The fourth-order valence-corrected chi connectivity index (χ4v) is 2.47. The van der Waals surface area contributed by atoms with Crippen molar-refractivity contribution in [3.63, 3.8) is 0 Å². The third-order valence-corrected chi connectivity index (χ3v) is 3.65. The minimum atomic E-state index is -0.472. The van der Waals surface area contributed by atoms with Gasteiger partial charge in [0.25, 0.3) is 5.91 Å². The fourth-order valence-electron chi connectivity index (χ4n) is 2.47. The van der Waals surface area contributed by atoms with Crippen LogP contribution in [0.15, 0.2) is 48.5 Å². The van der Waals surface area contributed by atoms with Gasteiger partial charge in [-0.3, -0.25) is 4.79 Å². The Labute approximate surface area is 134 Å². The van der Waals surface area contributed by atoms with Crippen LogP contribution in [0.3, 0.4) is 0 Å². The second kappa shape index (κ2) is 7.13. The first-order valence-electron chi connectivity index (χ1n) is 7.63. The standard InChI is InChI=1S/C18H18FNO3/c19-14-7-2-4-9-16(14)22-11-5-10-20-18(21)17-12-13-6-1-3-8-15(13)23-17/h1-4,6-9,17H,5,10-12H2,(H,20,21). The minimum absolute atomic E-state index is 0.132. The van der Waals surface area contributed by atoms with Crippen molar-refractivity contribution in [3.05, 3.63) is 59.9 Å². The van der Waals surface area contributed by atoms with Gasteiger partial charge in [-0.25, -0.2) is 4.39 Å². The Hall–Kier alpha value is -2.56. The number of amides is 1. The van der Waals surface area contributed by atoms with Gasteiger partial charge in [0.2, 0.25) is 0 Å². The van der Waals surface area contributed by atoms with Crippen LogP contribution in [0.4, 0.5) is 4.39 Å². The molecule has 0 radical (unpaired) electrons. The zero-order valence-corrected chi connectivity index (χ0v) is 12.6. The van der Waals surface area contributed by atoms with E-state index in [-0.39, 0.29) is 17.5 Å². The highest BCUT2D eigenvalue weighted by atomic mass is 19.1. The summed E-state index contributed by atoms with van der Waals surface area (Å²) in [7, 11) is 0. The summed E-state index contributed by atoms with van der Waals surface area (Å²) in [6.45, 7) is 0.802. The third-order valence-electron chi connectivity index (χ3n) is 3.65. The van der Waals surface area contributed by atoms with Crippen molar-refractivity contribution in [3.8, 4) is 11.5 Å². The Bertz CT molecular complexity index is 664. The summed E-state index contributed by atoms with van der Waals surface area (Å²) in [6, 6.07) is 13.9. The van der Waals surface area contributed by atoms with Crippen LogP contribution in [0.25, 0.3) is 0 Å². The molecule has 4 nitrogen and oxygen atoms in total. The van der Waals surface area contributed by atoms with E-state index in [9.17, 15) is 9.18 Å². The Kier molecular flexibility index (Phi) is 4.76. The summed E-state index contributed by atoms with van der Waals surface area (Å²) >= 11 is 0. The van der Waals surface area contributed by atoms with Gasteiger partial charge in [-0.1, -0.05) is 30.3 Å². The number of carbonyl (C=O) groups is 1. The summed E-state index contributed by atoms with van der Waals surface area (Å²) in [5.41, 5.74) is 1.05. The molecule has 1 aliphatic rings. The predicted molar refractivity (Wildman–Crippen MR) is 84.1 cm³/mol. The molecule has 0 aliphatic carbocycles. The molecule has 1 amide bonds. The average Bonchev–Trinajstić information content (AvgIpc) is 3.00. The van der Waals surface area contributed by atoms with Crippen molar-refractivity contribution in [1.82, 2.24) is 5.32 Å². The topological polar surface area (TPSA) is 47.6 Å². The second-order valence-corrected chi connectivity index (χ2v) is 5.34. The van der Waals surface area contributed by atoms with Crippen molar-refractivity contribution in [2.75, 3.05) is 13.2 Å². The van der Waals surface area contributed by atoms with E-state index in [1.807, 2.05) is 24.3 Å². The van der Waals surface area contributed by atoms with Crippen molar-refractivity contribution >= 4 is 5.91 Å². The first kappa shape index (κ1) is 15.3. The number of fused-ring (bicyclic) bond motifs is 1. The van der Waals surface area contributed by atoms with E-state index in [4.69, 9.17) is 9.47 Å². The summed E-state index contributed by atoms with van der Waals surface area (Å²) in [5.74, 6) is 0.490. The number of ether oxygens (including phenoxy) is 2. The highest BCUT2D eigenvalue weighted by molar-refractivity contribution is 5.82. The lowest BCUT2D eigenvalue weighted by atomic mass is 10.1. The number of hydrogen-bond acceptors (Lipinski definition) is 3. The monoisotopic (exact) mass is 315 g/mol. The van der Waals surface area contributed by atoms with E-state index in [1.54, 1.807) is 18.2 Å². The average molecular weight is 315 g/mol. The van der Waals surface area contributed by atoms with Gasteiger partial charge in [-0.15, -0.1) is 0 Å². The van der Waals surface area contributed by atoms with Crippen LogP contribution in [0.5, 0.6) is 11.5 Å². The zero-order chi connectivity index (χ0) is 16.1. The predicted octanol–water partition coefficient (Wildman–Crippen LogP) is 2.71. The number of para-hydroxylation sites is 2. The maximum Gasteiger partial charge on any atom is 0.261 e. The quantitative estimate of drug-likeness (QED) is 0.834. The van der Waals surface area contributed by atoms with E-state index in [0.29, 0.717) is 26.0 Å². The number of carbonyl (C=O) groups excluding carboxylic acids is 1. The molecule has 120 valence electrons. The summed E-state index contributed by atoms with van der Waals surface area (Å²) < 4.78 is 24.3. The first-order valence-corrected chi connectivity index (χ1v) is 7.63. The molecule has 0 saturated heterocycles. The van der Waals surface area contributed by atoms with Crippen LogP contribution >= 0.6 is 0 Å².